The molecule has 1 aliphatic rings. The summed E-state index contributed by atoms with van der Waals surface area (Å²) < 4.78 is 0. The number of rotatable bonds is 0. The summed E-state index contributed by atoms with van der Waals surface area (Å²) in [5.74, 6) is 0.316. The molecule has 0 saturated carbocycles. The molecular formula is C17H12ClN. The number of hydrogen-bond donors (Lipinski definition) is 0. The summed E-state index contributed by atoms with van der Waals surface area (Å²) in [6.07, 6.45) is 0. The van der Waals surface area contributed by atoms with Gasteiger partial charge in [0, 0.05) is 22.4 Å². The predicted octanol–water partition coefficient (Wildman–Crippen LogP) is 5.02. The highest BCUT2D eigenvalue weighted by molar-refractivity contribution is 6.36. The van der Waals surface area contributed by atoms with E-state index in [-0.39, 0.29) is 0 Å². The van der Waals surface area contributed by atoms with Crippen molar-refractivity contribution in [1.29, 1.82) is 0 Å². The Balaban J connectivity index is 2.16. The van der Waals surface area contributed by atoms with Crippen molar-refractivity contribution < 1.29 is 0 Å². The van der Waals surface area contributed by atoms with Crippen molar-refractivity contribution in [3.05, 3.63) is 64.7 Å². The molecule has 0 saturated heterocycles. The van der Waals surface area contributed by atoms with Gasteiger partial charge in [-0.1, -0.05) is 61.0 Å². The third-order valence-corrected chi connectivity index (χ3v) is 4.39. The third kappa shape index (κ3) is 1.39. The van der Waals surface area contributed by atoms with Gasteiger partial charge >= 0.3 is 0 Å². The molecule has 2 aromatic carbocycles. The highest BCUT2D eigenvalue weighted by Crippen LogP contribution is 2.48. The topological polar surface area (TPSA) is 12.9 Å². The number of hydrogen-bond acceptors (Lipinski definition) is 1. The van der Waals surface area contributed by atoms with E-state index in [0.29, 0.717) is 5.92 Å². The van der Waals surface area contributed by atoms with Gasteiger partial charge in [0.2, 0.25) is 0 Å². The van der Waals surface area contributed by atoms with Gasteiger partial charge in [-0.25, -0.2) is 4.98 Å². The largest absolute Gasteiger partial charge is 0.247 e. The van der Waals surface area contributed by atoms with Crippen LogP contribution < -0.4 is 0 Å². The van der Waals surface area contributed by atoms with Crippen molar-refractivity contribution in [1.82, 2.24) is 4.98 Å². The number of para-hydroxylation sites is 1. The second kappa shape index (κ2) is 3.82. The van der Waals surface area contributed by atoms with Gasteiger partial charge in [0.15, 0.2) is 0 Å². The van der Waals surface area contributed by atoms with Crippen molar-refractivity contribution in [2.24, 2.45) is 0 Å². The maximum Gasteiger partial charge on any atom is 0.0765 e. The lowest BCUT2D eigenvalue weighted by molar-refractivity contribution is 0.956. The molecule has 1 nitrogen and oxygen atoms in total. The molecular weight excluding hydrogens is 254 g/mol. The summed E-state index contributed by atoms with van der Waals surface area (Å²) >= 11 is 6.63. The van der Waals surface area contributed by atoms with Crippen LogP contribution >= 0.6 is 11.6 Å². The summed E-state index contributed by atoms with van der Waals surface area (Å²) in [4.78, 5) is 4.82. The molecule has 0 aliphatic heterocycles. The lowest BCUT2D eigenvalue weighted by Crippen LogP contribution is -1.93. The van der Waals surface area contributed by atoms with Crippen LogP contribution in [0.3, 0.4) is 0 Å². The third-order valence-electron chi connectivity index (χ3n) is 3.98. The van der Waals surface area contributed by atoms with Gasteiger partial charge in [-0.05, 0) is 11.6 Å². The van der Waals surface area contributed by atoms with E-state index in [1.807, 2.05) is 24.3 Å². The SMILES string of the molecule is C[C@@H]1c2ccccc2-c2nc3ccccc3c(Cl)c21. The molecule has 0 N–H and O–H groups in total. The second-order valence-electron chi connectivity index (χ2n) is 5.01. The Bertz CT molecular complexity index is 807. The molecule has 19 heavy (non-hydrogen) atoms. The molecule has 0 unspecified atom stereocenters. The van der Waals surface area contributed by atoms with Gasteiger partial charge in [0.05, 0.1) is 16.2 Å². The lowest BCUT2D eigenvalue weighted by atomic mass is 9.99. The van der Waals surface area contributed by atoms with Gasteiger partial charge in [0.25, 0.3) is 0 Å². The minimum Gasteiger partial charge on any atom is -0.247 e. The summed E-state index contributed by atoms with van der Waals surface area (Å²) in [6.45, 7) is 2.20. The monoisotopic (exact) mass is 265 g/mol. The Kier molecular flexibility index (Phi) is 2.21. The average Bonchev–Trinajstić information content (AvgIpc) is 2.74. The maximum absolute atomic E-state index is 6.63. The van der Waals surface area contributed by atoms with Crippen LogP contribution in [-0.4, -0.2) is 4.98 Å². The van der Waals surface area contributed by atoms with Crippen LogP contribution in [0.4, 0.5) is 0 Å². The lowest BCUT2D eigenvalue weighted by Gasteiger charge is -2.10. The minimum absolute atomic E-state index is 0.316. The van der Waals surface area contributed by atoms with Crippen LogP contribution in [-0.2, 0) is 0 Å². The summed E-state index contributed by atoms with van der Waals surface area (Å²) in [7, 11) is 0. The van der Waals surface area contributed by atoms with Crippen molar-refractivity contribution >= 4 is 22.5 Å². The molecule has 3 aromatic rings. The van der Waals surface area contributed by atoms with E-state index in [2.05, 4.69) is 31.2 Å². The number of benzene rings is 2. The van der Waals surface area contributed by atoms with Gasteiger partial charge in [0.1, 0.15) is 0 Å². The van der Waals surface area contributed by atoms with Gasteiger partial charge in [-0.2, -0.15) is 0 Å². The minimum atomic E-state index is 0.316. The number of pyridine rings is 1. The van der Waals surface area contributed by atoms with Crippen molar-refractivity contribution in [3.63, 3.8) is 0 Å². The molecule has 92 valence electrons. The average molecular weight is 266 g/mol. The molecule has 0 spiro atoms. The maximum atomic E-state index is 6.63. The van der Waals surface area contributed by atoms with Crippen LogP contribution in [0.1, 0.15) is 24.0 Å². The normalized spacial score (nSPS) is 16.4. The van der Waals surface area contributed by atoms with Crippen molar-refractivity contribution in [2.45, 2.75) is 12.8 Å². The molecule has 1 heterocycles. The fourth-order valence-electron chi connectivity index (χ4n) is 3.03. The first-order chi connectivity index (χ1) is 9.27. The van der Waals surface area contributed by atoms with Gasteiger partial charge < -0.3 is 0 Å². The van der Waals surface area contributed by atoms with E-state index in [4.69, 9.17) is 16.6 Å². The van der Waals surface area contributed by atoms with E-state index in [9.17, 15) is 0 Å². The zero-order valence-corrected chi connectivity index (χ0v) is 11.3. The van der Waals surface area contributed by atoms with Crippen LogP contribution in [0.25, 0.3) is 22.2 Å². The quantitative estimate of drug-likeness (QED) is 0.556. The van der Waals surface area contributed by atoms with Crippen LogP contribution in [0, 0.1) is 0 Å². The molecule has 0 fully saturated rings. The molecule has 0 amide bonds. The Labute approximate surface area is 116 Å². The molecule has 1 atom stereocenters. The fraction of sp³-hybridized carbons (Fsp3) is 0.118. The Morgan fingerprint density at radius 1 is 1.00 bits per heavy atom. The summed E-state index contributed by atoms with van der Waals surface area (Å²) in [6, 6.07) is 16.5. The molecule has 1 aromatic heterocycles. The molecule has 4 rings (SSSR count). The van der Waals surface area contributed by atoms with Gasteiger partial charge in [-0.3, -0.25) is 0 Å². The molecule has 0 radical (unpaired) electrons. The van der Waals surface area contributed by atoms with Crippen LogP contribution in [0.5, 0.6) is 0 Å². The second-order valence-corrected chi connectivity index (χ2v) is 5.39. The van der Waals surface area contributed by atoms with Crippen molar-refractivity contribution in [2.75, 3.05) is 0 Å². The van der Waals surface area contributed by atoms with Crippen LogP contribution in [0.2, 0.25) is 5.02 Å². The highest BCUT2D eigenvalue weighted by Gasteiger charge is 2.29. The van der Waals surface area contributed by atoms with E-state index in [1.54, 1.807) is 0 Å². The fourth-order valence-corrected chi connectivity index (χ4v) is 3.45. The van der Waals surface area contributed by atoms with E-state index >= 15 is 0 Å². The van der Waals surface area contributed by atoms with Crippen LogP contribution in [0.15, 0.2) is 48.5 Å². The first-order valence-corrected chi connectivity index (χ1v) is 6.82. The smallest absolute Gasteiger partial charge is 0.0765 e. The zero-order valence-electron chi connectivity index (χ0n) is 10.5. The Morgan fingerprint density at radius 2 is 1.74 bits per heavy atom. The van der Waals surface area contributed by atoms with Crippen molar-refractivity contribution in [3.8, 4) is 11.3 Å². The molecule has 1 aliphatic carbocycles. The molecule has 0 bridgehead atoms. The zero-order chi connectivity index (χ0) is 13.0. The van der Waals surface area contributed by atoms with Gasteiger partial charge in [-0.15, -0.1) is 0 Å². The first-order valence-electron chi connectivity index (χ1n) is 6.45. The van der Waals surface area contributed by atoms with E-state index in [1.165, 1.54) is 16.7 Å². The Hall–Kier alpha value is -1.86. The standard InChI is InChI=1S/C17H12ClN/c1-10-11-6-2-3-7-12(11)17-15(10)16(18)13-8-4-5-9-14(13)19-17/h2-10H,1H3/t10-/m1/s1. The number of nitrogens with zero attached hydrogens (tertiary/aromatic N) is 1. The summed E-state index contributed by atoms with van der Waals surface area (Å²) in [5, 5.41) is 1.90. The predicted molar refractivity (Wildman–Crippen MR) is 79.7 cm³/mol. The first kappa shape index (κ1) is 11.0. The highest BCUT2D eigenvalue weighted by atomic mass is 35.5. The number of aromatic nitrogens is 1. The van der Waals surface area contributed by atoms with E-state index < -0.39 is 0 Å². The summed E-state index contributed by atoms with van der Waals surface area (Å²) in [5.41, 5.74) is 5.73. The molecule has 2 heteroatoms. The number of fused-ring (bicyclic) bond motifs is 4. The number of halogens is 1. The van der Waals surface area contributed by atoms with E-state index in [0.717, 1.165) is 21.6 Å². The Morgan fingerprint density at radius 3 is 2.63 bits per heavy atom.